The number of alkyl halides is 1. The average Bonchev–Trinajstić information content (AvgIpc) is 2.75. The van der Waals surface area contributed by atoms with Gasteiger partial charge in [-0.1, -0.05) is 16.8 Å². The Morgan fingerprint density at radius 3 is 2.88 bits per heavy atom. The van der Waals surface area contributed by atoms with Crippen molar-refractivity contribution in [3.63, 3.8) is 0 Å². The van der Waals surface area contributed by atoms with E-state index in [1.54, 1.807) is 11.1 Å². The summed E-state index contributed by atoms with van der Waals surface area (Å²) in [4.78, 5) is 0. The Kier molecular flexibility index (Phi) is 3.73. The Hall–Kier alpha value is -1.43. The van der Waals surface area contributed by atoms with Crippen molar-refractivity contribution in [2.75, 3.05) is 24.9 Å². The lowest BCUT2D eigenvalue weighted by Gasteiger charge is -2.16. The van der Waals surface area contributed by atoms with Crippen molar-refractivity contribution in [3.05, 3.63) is 29.0 Å². The van der Waals surface area contributed by atoms with E-state index in [-0.39, 0.29) is 0 Å². The molecule has 0 spiro atoms. The Morgan fingerprint density at radius 1 is 1.35 bits per heavy atom. The second-order valence-corrected chi connectivity index (χ2v) is 4.02. The van der Waals surface area contributed by atoms with Gasteiger partial charge in [-0.3, -0.25) is 9.40 Å². The molecule has 1 aliphatic rings. The van der Waals surface area contributed by atoms with Crippen molar-refractivity contribution in [2.24, 2.45) is 10.4 Å². The quantitative estimate of drug-likeness (QED) is 0.832. The molecule has 1 heterocycles. The fraction of sp³-hybridized carbons (Fsp3) is 0.400. The van der Waals surface area contributed by atoms with Crippen LogP contribution < -0.4 is 5.01 Å². The second-order valence-electron chi connectivity index (χ2n) is 3.59. The third-order valence-electron chi connectivity index (χ3n) is 2.31. The van der Waals surface area contributed by atoms with Gasteiger partial charge in [0.25, 0.3) is 0 Å². The zero-order valence-corrected chi connectivity index (χ0v) is 9.74. The molecule has 1 aromatic rings. The van der Waals surface area contributed by atoms with Crippen LogP contribution in [0.15, 0.2) is 28.6 Å². The van der Waals surface area contributed by atoms with E-state index in [9.17, 15) is 8.78 Å². The number of nitrogens with zero attached hydrogens (tertiary/aromatic N) is 4. The number of rotatable bonds is 4. The van der Waals surface area contributed by atoms with Crippen LogP contribution in [0.1, 0.15) is 6.42 Å². The first kappa shape index (κ1) is 12.0. The lowest BCUT2D eigenvalue weighted by molar-refractivity contribution is 0.293. The topological polar surface area (TPSA) is 31.2 Å². The number of hydrogen-bond donors (Lipinski definition) is 0. The molecule has 0 aromatic heterocycles. The number of benzene rings is 1. The van der Waals surface area contributed by atoms with E-state index in [0.29, 0.717) is 30.3 Å². The van der Waals surface area contributed by atoms with Crippen LogP contribution in [0.5, 0.6) is 0 Å². The summed E-state index contributed by atoms with van der Waals surface area (Å²) in [6, 6.07) is 4.34. The van der Waals surface area contributed by atoms with E-state index in [1.807, 2.05) is 0 Å². The maximum absolute atomic E-state index is 13.6. The van der Waals surface area contributed by atoms with Gasteiger partial charge in [0.05, 0.1) is 12.4 Å². The van der Waals surface area contributed by atoms with Crippen LogP contribution in [0.4, 0.5) is 14.5 Å². The molecule has 0 N–H and O–H groups in total. The number of anilines is 1. The third kappa shape index (κ3) is 2.82. The summed E-state index contributed by atoms with van der Waals surface area (Å²) in [6.45, 7) is 0.381. The molecule has 4 nitrogen and oxygen atoms in total. The minimum atomic E-state index is -0.455. The van der Waals surface area contributed by atoms with E-state index >= 15 is 0 Å². The summed E-state index contributed by atoms with van der Waals surface area (Å²) < 4.78 is 25.6. The van der Waals surface area contributed by atoms with Gasteiger partial charge in [0.15, 0.2) is 0 Å². The van der Waals surface area contributed by atoms with Crippen molar-refractivity contribution in [1.29, 1.82) is 0 Å². The molecule has 92 valence electrons. The molecule has 1 aliphatic heterocycles. The monoisotopic (exact) mass is 260 g/mol. The molecule has 1 aromatic carbocycles. The first-order chi connectivity index (χ1) is 8.20. The highest BCUT2D eigenvalue weighted by molar-refractivity contribution is 6.30. The largest absolute Gasteiger partial charge is 0.255 e. The molecule has 0 amide bonds. The number of hydrogen-bond acceptors (Lipinski definition) is 4. The summed E-state index contributed by atoms with van der Waals surface area (Å²) in [7, 11) is 0. The van der Waals surface area contributed by atoms with E-state index in [1.165, 1.54) is 17.1 Å². The highest BCUT2D eigenvalue weighted by Gasteiger charge is 2.19. The molecule has 7 heteroatoms. The molecule has 0 saturated carbocycles. The molecule has 0 unspecified atom stereocenters. The Bertz CT molecular complexity index is 427. The van der Waals surface area contributed by atoms with Gasteiger partial charge in [0, 0.05) is 11.6 Å². The maximum Gasteiger partial charge on any atom is 0.150 e. The van der Waals surface area contributed by atoms with Gasteiger partial charge in [-0.25, -0.2) is 9.40 Å². The van der Waals surface area contributed by atoms with E-state index < -0.39 is 12.5 Å². The molecule has 0 saturated heterocycles. The Morgan fingerprint density at radius 2 is 2.18 bits per heavy atom. The lowest BCUT2D eigenvalue weighted by atomic mass is 10.3. The summed E-state index contributed by atoms with van der Waals surface area (Å²) in [6.07, 6.45) is 0.385. The van der Waals surface area contributed by atoms with Crippen LogP contribution in [0.25, 0.3) is 0 Å². The highest BCUT2D eigenvalue weighted by atomic mass is 35.5. The van der Waals surface area contributed by atoms with E-state index in [2.05, 4.69) is 10.4 Å². The summed E-state index contributed by atoms with van der Waals surface area (Å²) in [5.41, 5.74) is 0.306. The summed E-state index contributed by atoms with van der Waals surface area (Å²) in [5.74, 6) is -0.455. The van der Waals surface area contributed by atoms with Crippen LogP contribution in [0.3, 0.4) is 0 Å². The SMILES string of the molecule is FCCCN1CN(c2ccc(Cl)cc2F)N=N1. The molecule has 0 fully saturated rings. The van der Waals surface area contributed by atoms with Crippen molar-refractivity contribution in [1.82, 2.24) is 5.01 Å². The predicted molar refractivity (Wildman–Crippen MR) is 60.9 cm³/mol. The minimum Gasteiger partial charge on any atom is -0.255 e. The van der Waals surface area contributed by atoms with Crippen molar-refractivity contribution >= 4 is 17.3 Å². The van der Waals surface area contributed by atoms with Crippen molar-refractivity contribution in [3.8, 4) is 0 Å². The molecule has 2 rings (SSSR count). The van der Waals surface area contributed by atoms with Gasteiger partial charge in [-0.15, -0.1) is 0 Å². The third-order valence-corrected chi connectivity index (χ3v) is 2.54. The zero-order valence-electron chi connectivity index (χ0n) is 8.98. The predicted octanol–water partition coefficient (Wildman–Crippen LogP) is 3.20. The minimum absolute atomic E-state index is 0.306. The van der Waals surface area contributed by atoms with Gasteiger partial charge in [-0.2, -0.15) is 0 Å². The van der Waals surface area contributed by atoms with Crippen LogP contribution in [-0.4, -0.2) is 24.9 Å². The van der Waals surface area contributed by atoms with Gasteiger partial charge >= 0.3 is 0 Å². The van der Waals surface area contributed by atoms with Gasteiger partial charge < -0.3 is 0 Å². The normalized spacial score (nSPS) is 14.8. The molecule has 0 aliphatic carbocycles. The van der Waals surface area contributed by atoms with E-state index in [0.717, 1.165) is 0 Å². The van der Waals surface area contributed by atoms with Crippen LogP contribution in [0.2, 0.25) is 5.02 Å². The lowest BCUT2D eigenvalue weighted by Crippen LogP contribution is -2.26. The van der Waals surface area contributed by atoms with Crippen molar-refractivity contribution < 1.29 is 8.78 Å². The Balaban J connectivity index is 2.03. The molecule has 17 heavy (non-hydrogen) atoms. The number of halogens is 3. The highest BCUT2D eigenvalue weighted by Crippen LogP contribution is 2.25. The van der Waals surface area contributed by atoms with Crippen LogP contribution >= 0.6 is 11.6 Å². The van der Waals surface area contributed by atoms with Gasteiger partial charge in [-0.05, 0) is 29.8 Å². The Labute approximate surface area is 102 Å². The van der Waals surface area contributed by atoms with Crippen LogP contribution in [-0.2, 0) is 0 Å². The fourth-order valence-electron chi connectivity index (χ4n) is 1.49. The second kappa shape index (κ2) is 5.27. The van der Waals surface area contributed by atoms with Gasteiger partial charge in [0.2, 0.25) is 0 Å². The molecule has 0 radical (unpaired) electrons. The maximum atomic E-state index is 13.6. The first-order valence-corrected chi connectivity index (χ1v) is 5.53. The zero-order chi connectivity index (χ0) is 12.3. The molecular formula is C10H11ClF2N4. The molecule has 0 bridgehead atoms. The van der Waals surface area contributed by atoms with Crippen molar-refractivity contribution in [2.45, 2.75) is 6.42 Å². The standard InChI is InChI=1S/C10H11ClF2N4/c11-8-2-3-10(9(13)6-8)17-7-16(14-15-17)5-1-4-12/h2-3,6H,1,4-5,7H2. The fourth-order valence-corrected chi connectivity index (χ4v) is 1.65. The summed E-state index contributed by atoms with van der Waals surface area (Å²) in [5, 5.41) is 10.9. The van der Waals surface area contributed by atoms with E-state index in [4.69, 9.17) is 11.6 Å². The molecular weight excluding hydrogens is 250 g/mol. The summed E-state index contributed by atoms with van der Waals surface area (Å²) >= 11 is 5.66. The average molecular weight is 261 g/mol. The van der Waals surface area contributed by atoms with Gasteiger partial charge in [0.1, 0.15) is 12.5 Å². The van der Waals surface area contributed by atoms with Crippen LogP contribution in [0, 0.1) is 5.82 Å². The smallest absolute Gasteiger partial charge is 0.150 e. The first-order valence-electron chi connectivity index (χ1n) is 5.16. The molecule has 0 atom stereocenters.